The van der Waals surface area contributed by atoms with Crippen LogP contribution in [0.3, 0.4) is 0 Å². The van der Waals surface area contributed by atoms with E-state index < -0.39 is 5.97 Å². The average Bonchev–Trinajstić information content (AvgIpc) is 3.02. The van der Waals surface area contributed by atoms with Crippen molar-refractivity contribution in [1.82, 2.24) is 29.7 Å². The lowest BCUT2D eigenvalue weighted by atomic mass is 10.2. The van der Waals surface area contributed by atoms with Gasteiger partial charge >= 0.3 is 5.97 Å². The van der Waals surface area contributed by atoms with E-state index in [4.69, 9.17) is 10.5 Å². The number of carbonyl (C=O) groups excluding carboxylic acids is 1. The zero-order valence-electron chi connectivity index (χ0n) is 15.0. The quantitative estimate of drug-likeness (QED) is 0.671. The SMILES string of the molecule is CC(C)n1ncc2cc(C(=O)OCc3nc(N)nc(N(C)C)n3)cnc21. The minimum absolute atomic E-state index is 0.0685. The van der Waals surface area contributed by atoms with E-state index >= 15 is 0 Å². The van der Waals surface area contributed by atoms with E-state index in [9.17, 15) is 4.79 Å². The highest BCUT2D eigenvalue weighted by molar-refractivity contribution is 5.92. The first kappa shape index (κ1) is 17.5. The van der Waals surface area contributed by atoms with Crippen LogP contribution in [0.2, 0.25) is 0 Å². The number of nitrogens with zero attached hydrogens (tertiary/aromatic N) is 7. The summed E-state index contributed by atoms with van der Waals surface area (Å²) in [5.41, 5.74) is 6.70. The van der Waals surface area contributed by atoms with Crippen LogP contribution in [0.1, 0.15) is 36.1 Å². The Morgan fingerprint density at radius 3 is 2.73 bits per heavy atom. The van der Waals surface area contributed by atoms with Gasteiger partial charge in [-0.1, -0.05) is 0 Å². The van der Waals surface area contributed by atoms with Gasteiger partial charge in [0.1, 0.15) is 0 Å². The zero-order chi connectivity index (χ0) is 18.8. The molecule has 0 aromatic carbocycles. The van der Waals surface area contributed by atoms with Crippen molar-refractivity contribution in [1.29, 1.82) is 0 Å². The van der Waals surface area contributed by atoms with Crippen molar-refractivity contribution in [3.63, 3.8) is 0 Å². The maximum absolute atomic E-state index is 12.3. The monoisotopic (exact) mass is 356 g/mol. The summed E-state index contributed by atoms with van der Waals surface area (Å²) in [4.78, 5) is 30.5. The van der Waals surface area contributed by atoms with E-state index in [-0.39, 0.29) is 24.4 Å². The Morgan fingerprint density at radius 2 is 2.04 bits per heavy atom. The highest BCUT2D eigenvalue weighted by Crippen LogP contribution is 2.17. The Bertz CT molecular complexity index is 951. The molecule has 0 saturated carbocycles. The molecule has 2 N–H and O–H groups in total. The van der Waals surface area contributed by atoms with Crippen molar-refractivity contribution in [2.75, 3.05) is 24.7 Å². The molecule has 0 fully saturated rings. The van der Waals surface area contributed by atoms with Crippen molar-refractivity contribution in [3.8, 4) is 0 Å². The van der Waals surface area contributed by atoms with Gasteiger partial charge in [0.15, 0.2) is 18.1 Å². The molecule has 0 spiro atoms. The van der Waals surface area contributed by atoms with E-state index in [0.717, 1.165) is 11.0 Å². The second kappa shape index (κ2) is 6.90. The van der Waals surface area contributed by atoms with E-state index in [0.29, 0.717) is 11.5 Å². The van der Waals surface area contributed by atoms with Crippen LogP contribution in [0.5, 0.6) is 0 Å². The number of hydrogen-bond acceptors (Lipinski definition) is 9. The van der Waals surface area contributed by atoms with Crippen molar-refractivity contribution in [2.45, 2.75) is 26.5 Å². The molecule has 26 heavy (non-hydrogen) atoms. The van der Waals surface area contributed by atoms with Crippen LogP contribution in [0, 0.1) is 0 Å². The molecular weight excluding hydrogens is 336 g/mol. The van der Waals surface area contributed by atoms with Crippen LogP contribution in [0.15, 0.2) is 18.5 Å². The topological polar surface area (TPSA) is 125 Å². The number of aromatic nitrogens is 6. The van der Waals surface area contributed by atoms with Gasteiger partial charge in [0.2, 0.25) is 11.9 Å². The summed E-state index contributed by atoms with van der Waals surface area (Å²) in [6.45, 7) is 3.91. The van der Waals surface area contributed by atoms with Crippen LogP contribution < -0.4 is 10.6 Å². The molecule has 0 unspecified atom stereocenters. The number of nitrogen functional groups attached to an aromatic ring is 1. The number of ether oxygens (including phenoxy) is 1. The van der Waals surface area contributed by atoms with Gasteiger partial charge in [-0.3, -0.25) is 0 Å². The molecule has 0 radical (unpaired) electrons. The molecule has 10 nitrogen and oxygen atoms in total. The molecule has 0 aliphatic rings. The van der Waals surface area contributed by atoms with Crippen molar-refractivity contribution in [2.24, 2.45) is 0 Å². The number of hydrogen-bond donors (Lipinski definition) is 1. The van der Waals surface area contributed by atoms with Gasteiger partial charge in [0, 0.05) is 31.7 Å². The van der Waals surface area contributed by atoms with Crippen LogP contribution in [-0.4, -0.2) is 49.8 Å². The molecule has 136 valence electrons. The number of fused-ring (bicyclic) bond motifs is 1. The van der Waals surface area contributed by atoms with Gasteiger partial charge in [-0.05, 0) is 19.9 Å². The minimum Gasteiger partial charge on any atom is -0.454 e. The number of nitrogens with two attached hydrogens (primary N) is 1. The third-order valence-corrected chi connectivity index (χ3v) is 3.58. The van der Waals surface area contributed by atoms with Gasteiger partial charge in [-0.15, -0.1) is 0 Å². The first-order chi connectivity index (χ1) is 12.3. The third kappa shape index (κ3) is 3.53. The number of rotatable bonds is 5. The summed E-state index contributed by atoms with van der Waals surface area (Å²) in [6, 6.07) is 1.88. The minimum atomic E-state index is -0.526. The van der Waals surface area contributed by atoms with Crippen LogP contribution in [0.25, 0.3) is 11.0 Å². The van der Waals surface area contributed by atoms with Gasteiger partial charge < -0.3 is 15.4 Å². The Hall–Kier alpha value is -3.30. The fraction of sp³-hybridized carbons (Fsp3) is 0.375. The predicted molar refractivity (Wildman–Crippen MR) is 95.6 cm³/mol. The summed E-state index contributed by atoms with van der Waals surface area (Å²) in [5, 5.41) is 5.05. The molecule has 3 aromatic heterocycles. The van der Waals surface area contributed by atoms with E-state index in [2.05, 4.69) is 25.0 Å². The standard InChI is InChI=1S/C16H20N8O2/c1-9(2)24-13-10(7-19-24)5-11(6-18-13)14(25)26-8-12-20-15(17)22-16(21-12)23(3)4/h5-7,9H,8H2,1-4H3,(H2,17,20,21,22). The normalized spacial score (nSPS) is 11.1. The molecular formula is C16H20N8O2. The maximum atomic E-state index is 12.3. The van der Waals surface area contributed by atoms with Crippen molar-refractivity contribution in [3.05, 3.63) is 29.8 Å². The molecule has 3 aromatic rings. The summed E-state index contributed by atoms with van der Waals surface area (Å²) < 4.78 is 7.07. The van der Waals surface area contributed by atoms with Crippen LogP contribution in [-0.2, 0) is 11.3 Å². The molecule has 0 bridgehead atoms. The molecule has 10 heteroatoms. The average molecular weight is 356 g/mol. The maximum Gasteiger partial charge on any atom is 0.340 e. The fourth-order valence-electron chi connectivity index (χ4n) is 2.33. The highest BCUT2D eigenvalue weighted by atomic mass is 16.5. The number of pyridine rings is 1. The Labute approximate surface area is 150 Å². The second-order valence-electron chi connectivity index (χ2n) is 6.20. The zero-order valence-corrected chi connectivity index (χ0v) is 15.0. The van der Waals surface area contributed by atoms with Gasteiger partial charge in [-0.2, -0.15) is 20.1 Å². The lowest BCUT2D eigenvalue weighted by molar-refractivity contribution is 0.0462. The van der Waals surface area contributed by atoms with Crippen LogP contribution in [0.4, 0.5) is 11.9 Å². The molecule has 3 heterocycles. The molecule has 0 atom stereocenters. The predicted octanol–water partition coefficient (Wildman–Crippen LogP) is 1.20. The lowest BCUT2D eigenvalue weighted by Gasteiger charge is -2.11. The van der Waals surface area contributed by atoms with Gasteiger partial charge in [0.05, 0.1) is 11.8 Å². The van der Waals surface area contributed by atoms with Crippen molar-refractivity contribution < 1.29 is 9.53 Å². The summed E-state index contributed by atoms with van der Waals surface area (Å²) in [7, 11) is 3.56. The first-order valence-corrected chi connectivity index (χ1v) is 8.03. The Balaban J connectivity index is 1.75. The van der Waals surface area contributed by atoms with Gasteiger partial charge in [0.25, 0.3) is 0 Å². The lowest BCUT2D eigenvalue weighted by Crippen LogP contribution is -2.17. The second-order valence-corrected chi connectivity index (χ2v) is 6.20. The molecule has 0 aliphatic carbocycles. The summed E-state index contributed by atoms with van der Waals surface area (Å²) in [6.07, 6.45) is 3.15. The van der Waals surface area contributed by atoms with E-state index in [1.165, 1.54) is 6.20 Å². The smallest absolute Gasteiger partial charge is 0.340 e. The van der Waals surface area contributed by atoms with E-state index in [1.807, 2.05) is 13.8 Å². The fourth-order valence-corrected chi connectivity index (χ4v) is 2.33. The Kier molecular flexibility index (Phi) is 4.65. The summed E-state index contributed by atoms with van der Waals surface area (Å²) in [5.74, 6) is 0.213. The largest absolute Gasteiger partial charge is 0.454 e. The number of anilines is 2. The molecule has 3 rings (SSSR count). The third-order valence-electron chi connectivity index (χ3n) is 3.58. The first-order valence-electron chi connectivity index (χ1n) is 8.03. The Morgan fingerprint density at radius 1 is 1.27 bits per heavy atom. The molecule has 0 amide bonds. The van der Waals surface area contributed by atoms with Crippen molar-refractivity contribution >= 4 is 28.9 Å². The van der Waals surface area contributed by atoms with E-state index in [1.54, 1.807) is 35.9 Å². The highest BCUT2D eigenvalue weighted by Gasteiger charge is 2.14. The van der Waals surface area contributed by atoms with Crippen LogP contribution >= 0.6 is 0 Å². The number of carbonyl (C=O) groups is 1. The van der Waals surface area contributed by atoms with Gasteiger partial charge in [-0.25, -0.2) is 14.5 Å². The number of esters is 1. The molecule has 0 aliphatic heterocycles. The molecule has 0 saturated heterocycles. The summed E-state index contributed by atoms with van der Waals surface area (Å²) >= 11 is 0.